The van der Waals surface area contributed by atoms with Crippen LogP contribution in [0.25, 0.3) is 0 Å². The summed E-state index contributed by atoms with van der Waals surface area (Å²) < 4.78 is 11.4. The molecule has 0 bridgehead atoms. The van der Waals surface area contributed by atoms with Crippen molar-refractivity contribution in [3.05, 3.63) is 35.5 Å². The molecule has 132 valence electrons. The molecule has 24 heavy (non-hydrogen) atoms. The largest absolute Gasteiger partial charge is 0.455 e. The second-order valence-electron chi connectivity index (χ2n) is 7.68. The number of aliphatic hydroxyl groups excluding tert-OH is 1. The summed E-state index contributed by atoms with van der Waals surface area (Å²) in [5, 5.41) is 10.7. The molecule has 1 aliphatic carbocycles. The third kappa shape index (κ3) is 3.35. The van der Waals surface area contributed by atoms with Crippen molar-refractivity contribution in [2.45, 2.75) is 76.8 Å². The molecule has 2 fully saturated rings. The summed E-state index contributed by atoms with van der Waals surface area (Å²) in [6, 6.07) is 0. The van der Waals surface area contributed by atoms with Gasteiger partial charge in [0.15, 0.2) is 0 Å². The molecule has 4 heteroatoms. The summed E-state index contributed by atoms with van der Waals surface area (Å²) in [5.74, 6) is -0.566. The lowest BCUT2D eigenvalue weighted by Crippen LogP contribution is -2.33. The van der Waals surface area contributed by atoms with Gasteiger partial charge in [-0.1, -0.05) is 24.3 Å². The standard InChI is InChI=1S/C20H28O4/c1-12-7-5-9-13(2)17(21)18-15(14(3)19(22)23-18)11-16-20(4,24-16)10-6-8-12/h8-9,15-18,21H,3,5-7,10-11H2,1-2,4H3/b12-8+,13-9+/t15-,16+,17-,18-,20?/m1/s1. The average molecular weight is 332 g/mol. The van der Waals surface area contributed by atoms with Crippen LogP contribution in [0.4, 0.5) is 0 Å². The highest BCUT2D eigenvalue weighted by Gasteiger charge is 2.55. The lowest BCUT2D eigenvalue weighted by atomic mass is 9.84. The topological polar surface area (TPSA) is 59.1 Å². The van der Waals surface area contributed by atoms with Crippen LogP contribution >= 0.6 is 0 Å². The van der Waals surface area contributed by atoms with E-state index in [0.29, 0.717) is 12.0 Å². The lowest BCUT2D eigenvalue weighted by molar-refractivity contribution is -0.142. The smallest absolute Gasteiger partial charge is 0.334 e. The molecule has 0 aromatic heterocycles. The van der Waals surface area contributed by atoms with Crippen LogP contribution in [0, 0.1) is 5.92 Å². The quantitative estimate of drug-likeness (QED) is 0.319. The van der Waals surface area contributed by atoms with E-state index in [-0.39, 0.29) is 23.6 Å². The number of ether oxygens (including phenoxy) is 2. The first-order valence-corrected chi connectivity index (χ1v) is 8.90. The summed E-state index contributed by atoms with van der Waals surface area (Å²) in [6.45, 7) is 10.1. The molecule has 0 spiro atoms. The van der Waals surface area contributed by atoms with Crippen LogP contribution in [0.3, 0.4) is 0 Å². The Morgan fingerprint density at radius 2 is 2.04 bits per heavy atom. The molecule has 2 saturated heterocycles. The van der Waals surface area contributed by atoms with Gasteiger partial charge in [-0.05, 0) is 58.4 Å². The third-order valence-corrected chi connectivity index (χ3v) is 5.77. The summed E-state index contributed by atoms with van der Waals surface area (Å²) >= 11 is 0. The Hall–Kier alpha value is -1.39. The number of rotatable bonds is 0. The normalized spacial score (nSPS) is 45.0. The average Bonchev–Trinajstić information content (AvgIpc) is 3.08. The van der Waals surface area contributed by atoms with Crippen LogP contribution in [0.5, 0.6) is 0 Å². The Morgan fingerprint density at radius 1 is 1.29 bits per heavy atom. The van der Waals surface area contributed by atoms with Gasteiger partial charge in [-0.2, -0.15) is 0 Å². The number of aliphatic hydroxyl groups is 1. The van der Waals surface area contributed by atoms with Crippen LogP contribution in [0.2, 0.25) is 0 Å². The van der Waals surface area contributed by atoms with E-state index in [1.165, 1.54) is 5.57 Å². The Bertz CT molecular complexity index is 603. The van der Waals surface area contributed by atoms with Gasteiger partial charge in [0.25, 0.3) is 0 Å². The van der Waals surface area contributed by atoms with Gasteiger partial charge in [-0.15, -0.1) is 0 Å². The molecule has 1 unspecified atom stereocenters. The van der Waals surface area contributed by atoms with Gasteiger partial charge < -0.3 is 14.6 Å². The third-order valence-electron chi connectivity index (χ3n) is 5.77. The number of carbonyl (C=O) groups is 1. The Balaban J connectivity index is 1.84. The zero-order valence-electron chi connectivity index (χ0n) is 14.9. The number of fused-ring (bicyclic) bond motifs is 2. The molecular weight excluding hydrogens is 304 g/mol. The first kappa shape index (κ1) is 17.4. The molecule has 5 atom stereocenters. The van der Waals surface area contributed by atoms with E-state index in [4.69, 9.17) is 9.47 Å². The van der Waals surface area contributed by atoms with Crippen molar-refractivity contribution in [1.82, 2.24) is 0 Å². The van der Waals surface area contributed by atoms with E-state index in [1.54, 1.807) is 0 Å². The predicted molar refractivity (Wildman–Crippen MR) is 92.4 cm³/mol. The molecule has 0 radical (unpaired) electrons. The van der Waals surface area contributed by atoms with Crippen molar-refractivity contribution in [2.24, 2.45) is 5.92 Å². The monoisotopic (exact) mass is 332 g/mol. The minimum Gasteiger partial charge on any atom is -0.455 e. The second kappa shape index (κ2) is 6.49. The Morgan fingerprint density at radius 3 is 2.79 bits per heavy atom. The SMILES string of the molecule is C=C1C(=O)O[C@@H]2[C@@H]1C[C@@H]1OC1(C)CC/C=C(\C)CC/C=C(\C)[C@H]2O. The maximum atomic E-state index is 12.0. The molecule has 3 rings (SSSR count). The van der Waals surface area contributed by atoms with Gasteiger partial charge in [-0.3, -0.25) is 0 Å². The van der Waals surface area contributed by atoms with Crippen molar-refractivity contribution in [1.29, 1.82) is 0 Å². The number of hydrogen-bond acceptors (Lipinski definition) is 4. The van der Waals surface area contributed by atoms with Crippen LogP contribution in [-0.4, -0.2) is 35.0 Å². The molecule has 2 aliphatic heterocycles. The zero-order chi connectivity index (χ0) is 17.5. The second-order valence-corrected chi connectivity index (χ2v) is 7.68. The number of epoxide rings is 1. The van der Waals surface area contributed by atoms with E-state index in [2.05, 4.69) is 32.6 Å². The highest BCUT2D eigenvalue weighted by atomic mass is 16.6. The maximum absolute atomic E-state index is 12.0. The summed E-state index contributed by atoms with van der Waals surface area (Å²) in [4.78, 5) is 12.0. The molecule has 0 saturated carbocycles. The van der Waals surface area contributed by atoms with Gasteiger partial charge in [0.05, 0.1) is 11.7 Å². The Labute approximate surface area is 144 Å². The van der Waals surface area contributed by atoms with Gasteiger partial charge in [0, 0.05) is 11.5 Å². The summed E-state index contributed by atoms with van der Waals surface area (Å²) in [7, 11) is 0. The number of hydrogen-bond donors (Lipinski definition) is 1. The molecular formula is C20H28O4. The van der Waals surface area contributed by atoms with E-state index in [0.717, 1.165) is 31.3 Å². The predicted octanol–water partition coefficient (Wildman–Crippen LogP) is 3.46. The van der Waals surface area contributed by atoms with Crippen molar-refractivity contribution < 1.29 is 19.4 Å². The molecule has 0 aromatic rings. The first-order valence-electron chi connectivity index (χ1n) is 8.90. The van der Waals surface area contributed by atoms with E-state index in [9.17, 15) is 9.90 Å². The zero-order valence-corrected chi connectivity index (χ0v) is 14.9. The highest BCUT2D eigenvalue weighted by Crippen LogP contribution is 2.47. The van der Waals surface area contributed by atoms with Crippen LogP contribution in [0.1, 0.15) is 52.9 Å². The van der Waals surface area contributed by atoms with Gasteiger partial charge >= 0.3 is 5.97 Å². The fourth-order valence-corrected chi connectivity index (χ4v) is 3.85. The van der Waals surface area contributed by atoms with Crippen LogP contribution in [-0.2, 0) is 14.3 Å². The maximum Gasteiger partial charge on any atom is 0.334 e. The van der Waals surface area contributed by atoms with E-state index >= 15 is 0 Å². The molecule has 2 heterocycles. The number of allylic oxidation sites excluding steroid dienone is 3. The van der Waals surface area contributed by atoms with E-state index < -0.39 is 12.2 Å². The summed E-state index contributed by atoms with van der Waals surface area (Å²) in [6.07, 6.45) is 7.64. The lowest BCUT2D eigenvalue weighted by Gasteiger charge is -2.24. The van der Waals surface area contributed by atoms with Crippen molar-refractivity contribution >= 4 is 5.97 Å². The Kier molecular flexibility index (Phi) is 4.71. The van der Waals surface area contributed by atoms with Crippen molar-refractivity contribution in [3.8, 4) is 0 Å². The van der Waals surface area contributed by atoms with Crippen LogP contribution in [0.15, 0.2) is 35.5 Å². The van der Waals surface area contributed by atoms with Gasteiger partial charge in [-0.25, -0.2) is 4.79 Å². The highest BCUT2D eigenvalue weighted by molar-refractivity contribution is 5.91. The molecule has 0 amide bonds. The fourth-order valence-electron chi connectivity index (χ4n) is 3.85. The van der Waals surface area contributed by atoms with E-state index in [1.807, 2.05) is 6.92 Å². The minimum atomic E-state index is -0.782. The number of carbonyl (C=O) groups excluding carboxylic acids is 1. The number of esters is 1. The molecule has 0 aromatic carbocycles. The van der Waals surface area contributed by atoms with Gasteiger partial charge in [0.1, 0.15) is 12.2 Å². The van der Waals surface area contributed by atoms with Crippen molar-refractivity contribution in [2.75, 3.05) is 0 Å². The minimum absolute atomic E-state index is 0.101. The first-order chi connectivity index (χ1) is 11.3. The summed E-state index contributed by atoms with van der Waals surface area (Å²) in [5.41, 5.74) is 2.56. The molecule has 3 aliphatic rings. The van der Waals surface area contributed by atoms with Crippen molar-refractivity contribution in [3.63, 3.8) is 0 Å². The van der Waals surface area contributed by atoms with Crippen LogP contribution < -0.4 is 0 Å². The molecule has 1 N–H and O–H groups in total. The van der Waals surface area contributed by atoms with Gasteiger partial charge in [0.2, 0.25) is 0 Å². The fraction of sp³-hybridized carbons (Fsp3) is 0.650. The molecule has 4 nitrogen and oxygen atoms in total.